The summed E-state index contributed by atoms with van der Waals surface area (Å²) in [7, 11) is 0. The minimum absolute atomic E-state index is 0.0120. The van der Waals surface area contributed by atoms with Crippen LogP contribution in [-0.4, -0.2) is 22.7 Å². The molecule has 1 aliphatic carbocycles. The minimum atomic E-state index is -1.94. The number of rotatable bonds is 4. The Morgan fingerprint density at radius 3 is 2.96 bits per heavy atom. The number of pyridine rings is 1. The average molecular weight is 401 g/mol. The fourth-order valence-corrected chi connectivity index (χ4v) is 3.79. The Hall–Kier alpha value is -2.90. The lowest BCUT2D eigenvalue weighted by Gasteiger charge is -2.20. The van der Waals surface area contributed by atoms with Crippen LogP contribution in [0.3, 0.4) is 0 Å². The molecule has 4 rings (SSSR count). The third kappa shape index (κ3) is 2.93. The van der Waals surface area contributed by atoms with Gasteiger partial charge >= 0.3 is 5.97 Å². The molecule has 0 saturated heterocycles. The summed E-state index contributed by atoms with van der Waals surface area (Å²) in [6, 6.07) is 7.02. The Balaban J connectivity index is 1.85. The van der Waals surface area contributed by atoms with Crippen LogP contribution in [0.4, 0.5) is 0 Å². The molecule has 0 aliphatic heterocycles. The van der Waals surface area contributed by atoms with Gasteiger partial charge in [-0.15, -0.1) is 0 Å². The summed E-state index contributed by atoms with van der Waals surface area (Å²) in [5.74, 6) is -0.274. The maximum atomic E-state index is 12.8. The minimum Gasteiger partial charge on any atom is -0.618 e. The van der Waals surface area contributed by atoms with Crippen molar-refractivity contribution in [3.05, 3.63) is 64.5 Å². The lowest BCUT2D eigenvalue weighted by molar-refractivity contribution is -0.620. The lowest BCUT2D eigenvalue weighted by Crippen LogP contribution is -2.46. The van der Waals surface area contributed by atoms with Crippen molar-refractivity contribution in [3.8, 4) is 22.5 Å². The summed E-state index contributed by atoms with van der Waals surface area (Å²) in [4.78, 5) is 16.2. The van der Waals surface area contributed by atoms with Crippen LogP contribution >= 0.6 is 11.6 Å². The molecule has 0 saturated carbocycles. The first kappa shape index (κ1) is 18.5. The third-order valence-corrected chi connectivity index (χ3v) is 5.10. The number of aromatic nitrogens is 2. The molecule has 0 radical (unpaired) electrons. The highest BCUT2D eigenvalue weighted by Crippen LogP contribution is 2.39. The number of halogens is 1. The summed E-state index contributed by atoms with van der Waals surface area (Å²) in [6.45, 7) is 1.77. The smallest absolute Gasteiger partial charge is 0.349 e. The molecule has 1 aromatic carbocycles. The summed E-state index contributed by atoms with van der Waals surface area (Å²) in [5.41, 5.74) is 0.664. The number of carbonyl (C=O) groups excluding carboxylic acids is 1. The van der Waals surface area contributed by atoms with Crippen LogP contribution in [0.5, 0.6) is 0 Å². The maximum absolute atomic E-state index is 12.8. The first-order chi connectivity index (χ1) is 13.4. The molecule has 1 aliphatic rings. The van der Waals surface area contributed by atoms with E-state index in [-0.39, 0.29) is 18.7 Å². The molecule has 1 N–H and O–H groups in total. The fourth-order valence-electron chi connectivity index (χ4n) is 3.61. The Labute approximate surface area is 165 Å². The topological polar surface area (TPSA) is 99.5 Å². The normalized spacial score (nSPS) is 18.1. The highest BCUT2D eigenvalue weighted by atomic mass is 35.5. The number of hydrogen-bond acceptors (Lipinski definition) is 6. The van der Waals surface area contributed by atoms with Crippen molar-refractivity contribution in [2.45, 2.75) is 25.4 Å². The highest BCUT2D eigenvalue weighted by molar-refractivity contribution is 6.31. The number of nitrogens with zero attached hydrogens (tertiary/aromatic N) is 2. The van der Waals surface area contributed by atoms with Crippen LogP contribution in [-0.2, 0) is 21.6 Å². The van der Waals surface area contributed by atoms with Crippen LogP contribution < -0.4 is 4.73 Å². The van der Waals surface area contributed by atoms with E-state index in [0.717, 1.165) is 5.56 Å². The summed E-state index contributed by atoms with van der Waals surface area (Å²) in [6.07, 6.45) is 4.69. The molecule has 0 amide bonds. The Bertz CT molecular complexity index is 1050. The van der Waals surface area contributed by atoms with Crippen molar-refractivity contribution in [1.29, 1.82) is 0 Å². The second kappa shape index (κ2) is 6.92. The Morgan fingerprint density at radius 1 is 1.43 bits per heavy atom. The monoisotopic (exact) mass is 400 g/mol. The van der Waals surface area contributed by atoms with Gasteiger partial charge in [-0.25, -0.2) is 9.78 Å². The van der Waals surface area contributed by atoms with Gasteiger partial charge in [-0.1, -0.05) is 11.6 Å². The van der Waals surface area contributed by atoms with Crippen LogP contribution in [0.25, 0.3) is 22.5 Å². The highest BCUT2D eigenvalue weighted by Gasteiger charge is 2.52. The van der Waals surface area contributed by atoms with Crippen molar-refractivity contribution in [2.24, 2.45) is 0 Å². The van der Waals surface area contributed by atoms with E-state index >= 15 is 0 Å². The van der Waals surface area contributed by atoms with Crippen molar-refractivity contribution in [2.75, 3.05) is 6.61 Å². The number of aliphatic hydroxyl groups is 1. The van der Waals surface area contributed by atoms with E-state index in [1.54, 1.807) is 37.4 Å². The van der Waals surface area contributed by atoms with Crippen molar-refractivity contribution in [1.82, 2.24) is 4.98 Å². The standard InChI is InChI=1S/C20H17ClN2O5/c1-2-27-19(24)20(25)6-5-12-7-13(10-23(26)18(12)20)16-8-14(21)3-4-15(16)17-9-22-11-28-17/h3-4,7-11,25H,2,5-6H2,1H3. The fraction of sp³-hybridized carbons (Fsp3) is 0.250. The van der Waals surface area contributed by atoms with E-state index in [2.05, 4.69) is 4.98 Å². The number of hydrogen-bond donors (Lipinski definition) is 1. The predicted octanol–water partition coefficient (Wildman–Crippen LogP) is 2.99. The van der Waals surface area contributed by atoms with E-state index < -0.39 is 11.6 Å². The van der Waals surface area contributed by atoms with Gasteiger partial charge in [0.2, 0.25) is 11.3 Å². The summed E-state index contributed by atoms with van der Waals surface area (Å²) >= 11 is 6.17. The molecule has 2 aromatic heterocycles. The SMILES string of the molecule is CCOC(=O)C1(O)CCc2cc(-c3cc(Cl)ccc3-c3cnco3)c[n+]([O-])c21. The number of fused-ring (bicyclic) bond motifs is 1. The number of aryl methyl sites for hydroxylation is 1. The van der Waals surface area contributed by atoms with Gasteiger partial charge in [-0.2, -0.15) is 4.73 Å². The molecule has 1 unspecified atom stereocenters. The van der Waals surface area contributed by atoms with Gasteiger partial charge in [0.15, 0.2) is 18.4 Å². The number of carbonyl (C=O) groups is 1. The number of esters is 1. The van der Waals surface area contributed by atoms with E-state index in [1.165, 1.54) is 12.6 Å². The summed E-state index contributed by atoms with van der Waals surface area (Å²) in [5, 5.41) is 24.1. The second-order valence-electron chi connectivity index (χ2n) is 6.56. The van der Waals surface area contributed by atoms with E-state index in [9.17, 15) is 15.1 Å². The van der Waals surface area contributed by atoms with Crippen LogP contribution in [0, 0.1) is 5.21 Å². The van der Waals surface area contributed by atoms with Crippen LogP contribution in [0.2, 0.25) is 5.02 Å². The molecule has 0 bridgehead atoms. The first-order valence-electron chi connectivity index (χ1n) is 8.79. The first-order valence-corrected chi connectivity index (χ1v) is 9.17. The van der Waals surface area contributed by atoms with Crippen LogP contribution in [0.1, 0.15) is 24.6 Å². The zero-order valence-electron chi connectivity index (χ0n) is 15.0. The van der Waals surface area contributed by atoms with E-state index in [1.807, 2.05) is 0 Å². The van der Waals surface area contributed by atoms with Crippen molar-refractivity contribution in [3.63, 3.8) is 0 Å². The summed E-state index contributed by atoms with van der Waals surface area (Å²) < 4.78 is 10.9. The van der Waals surface area contributed by atoms with Crippen molar-refractivity contribution >= 4 is 17.6 Å². The predicted molar refractivity (Wildman–Crippen MR) is 100 cm³/mol. The average Bonchev–Trinajstić information content (AvgIpc) is 3.31. The van der Waals surface area contributed by atoms with Gasteiger partial charge in [-0.05, 0) is 37.6 Å². The molecule has 144 valence electrons. The maximum Gasteiger partial charge on any atom is 0.349 e. The zero-order chi connectivity index (χ0) is 19.9. The van der Waals surface area contributed by atoms with Gasteiger partial charge in [0, 0.05) is 33.7 Å². The van der Waals surface area contributed by atoms with Gasteiger partial charge in [0.05, 0.1) is 12.8 Å². The molecule has 2 heterocycles. The molecular weight excluding hydrogens is 384 g/mol. The molecule has 8 heteroatoms. The van der Waals surface area contributed by atoms with Crippen LogP contribution in [0.15, 0.2) is 47.5 Å². The second-order valence-corrected chi connectivity index (χ2v) is 7.00. The number of oxazole rings is 1. The molecule has 1 atom stereocenters. The zero-order valence-corrected chi connectivity index (χ0v) is 15.8. The Morgan fingerprint density at radius 2 is 2.25 bits per heavy atom. The van der Waals surface area contributed by atoms with Gasteiger partial charge in [0.25, 0.3) is 0 Å². The molecule has 0 spiro atoms. The van der Waals surface area contributed by atoms with Gasteiger partial charge in [-0.3, -0.25) is 0 Å². The van der Waals surface area contributed by atoms with Gasteiger partial charge < -0.3 is 19.5 Å². The van der Waals surface area contributed by atoms with E-state index in [0.29, 0.717) is 38.6 Å². The molecular formula is C20H17ClN2O5. The molecule has 3 aromatic rings. The molecule has 0 fully saturated rings. The molecule has 7 nitrogen and oxygen atoms in total. The number of ether oxygens (including phenoxy) is 1. The molecule has 28 heavy (non-hydrogen) atoms. The Kier molecular flexibility index (Phi) is 4.56. The van der Waals surface area contributed by atoms with Gasteiger partial charge in [0.1, 0.15) is 0 Å². The largest absolute Gasteiger partial charge is 0.618 e. The number of benzene rings is 1. The lowest BCUT2D eigenvalue weighted by atomic mass is 9.97. The van der Waals surface area contributed by atoms with E-state index in [4.69, 9.17) is 20.8 Å². The van der Waals surface area contributed by atoms with Crippen molar-refractivity contribution < 1.29 is 23.8 Å². The third-order valence-electron chi connectivity index (χ3n) is 4.86. The quantitative estimate of drug-likeness (QED) is 0.410.